The molecular formula is C11H13N3S. The van der Waals surface area contributed by atoms with Gasteiger partial charge < -0.3 is 5.32 Å². The molecule has 0 spiro atoms. The van der Waals surface area contributed by atoms with Crippen LogP contribution in [-0.4, -0.2) is 9.97 Å². The van der Waals surface area contributed by atoms with E-state index in [1.807, 2.05) is 24.6 Å². The van der Waals surface area contributed by atoms with Gasteiger partial charge in [-0.1, -0.05) is 6.07 Å². The molecule has 0 saturated carbocycles. The van der Waals surface area contributed by atoms with Gasteiger partial charge in [-0.25, -0.2) is 4.98 Å². The van der Waals surface area contributed by atoms with E-state index in [-0.39, 0.29) is 6.04 Å². The Balaban J connectivity index is 2.07. The third kappa shape index (κ3) is 2.53. The number of rotatable bonds is 3. The molecule has 0 bridgehead atoms. The minimum absolute atomic E-state index is 0.240. The number of nitrogens with one attached hydrogen (secondary N) is 1. The zero-order chi connectivity index (χ0) is 10.7. The first-order valence-corrected chi connectivity index (χ1v) is 5.72. The Kier molecular flexibility index (Phi) is 2.97. The maximum atomic E-state index is 4.36. The molecule has 2 rings (SSSR count). The number of hydrogen-bond donors (Lipinski definition) is 1. The van der Waals surface area contributed by atoms with Crippen LogP contribution in [0.2, 0.25) is 0 Å². The molecule has 78 valence electrons. The largest absolute Gasteiger partial charge is 0.355 e. The number of aryl methyl sites for hydroxylation is 1. The SMILES string of the molecule is Cc1csc(NC(C)c2cccnc2)n1. The van der Waals surface area contributed by atoms with Crippen molar-refractivity contribution >= 4 is 16.5 Å². The maximum Gasteiger partial charge on any atom is 0.183 e. The topological polar surface area (TPSA) is 37.8 Å². The average molecular weight is 219 g/mol. The van der Waals surface area contributed by atoms with Gasteiger partial charge in [-0.2, -0.15) is 0 Å². The van der Waals surface area contributed by atoms with E-state index in [4.69, 9.17) is 0 Å². The van der Waals surface area contributed by atoms with E-state index in [1.54, 1.807) is 17.5 Å². The third-order valence-corrected chi connectivity index (χ3v) is 3.03. The van der Waals surface area contributed by atoms with Crippen LogP contribution in [0.15, 0.2) is 29.9 Å². The third-order valence-electron chi connectivity index (χ3n) is 2.14. The molecule has 0 aromatic carbocycles. The fraction of sp³-hybridized carbons (Fsp3) is 0.273. The van der Waals surface area contributed by atoms with Crippen molar-refractivity contribution in [3.05, 3.63) is 41.2 Å². The second-order valence-electron chi connectivity index (χ2n) is 3.45. The summed E-state index contributed by atoms with van der Waals surface area (Å²) in [5.74, 6) is 0. The van der Waals surface area contributed by atoms with Crippen molar-refractivity contribution in [3.8, 4) is 0 Å². The second-order valence-corrected chi connectivity index (χ2v) is 4.30. The lowest BCUT2D eigenvalue weighted by molar-refractivity contribution is 0.871. The van der Waals surface area contributed by atoms with Gasteiger partial charge in [-0.15, -0.1) is 11.3 Å². The fourth-order valence-electron chi connectivity index (χ4n) is 1.32. The van der Waals surface area contributed by atoms with Crippen LogP contribution in [0, 0.1) is 6.92 Å². The van der Waals surface area contributed by atoms with Gasteiger partial charge in [0.05, 0.1) is 11.7 Å². The van der Waals surface area contributed by atoms with E-state index in [0.717, 1.165) is 10.8 Å². The molecule has 2 aromatic rings. The highest BCUT2D eigenvalue weighted by Crippen LogP contribution is 2.21. The highest BCUT2D eigenvalue weighted by molar-refractivity contribution is 7.13. The Hall–Kier alpha value is -1.42. The first-order chi connectivity index (χ1) is 7.25. The zero-order valence-corrected chi connectivity index (χ0v) is 9.58. The number of pyridine rings is 1. The summed E-state index contributed by atoms with van der Waals surface area (Å²) in [5, 5.41) is 6.35. The van der Waals surface area contributed by atoms with Crippen molar-refractivity contribution in [2.75, 3.05) is 5.32 Å². The molecule has 1 unspecified atom stereocenters. The summed E-state index contributed by atoms with van der Waals surface area (Å²) in [4.78, 5) is 8.46. The lowest BCUT2D eigenvalue weighted by atomic mass is 10.1. The maximum absolute atomic E-state index is 4.36. The molecule has 3 nitrogen and oxygen atoms in total. The number of thiazole rings is 1. The van der Waals surface area contributed by atoms with Crippen LogP contribution in [0.1, 0.15) is 24.2 Å². The van der Waals surface area contributed by atoms with Crippen molar-refractivity contribution in [1.82, 2.24) is 9.97 Å². The molecule has 0 radical (unpaired) electrons. The van der Waals surface area contributed by atoms with E-state index in [2.05, 4.69) is 28.3 Å². The molecule has 0 aliphatic rings. The lowest BCUT2D eigenvalue weighted by Gasteiger charge is -2.12. The monoisotopic (exact) mass is 219 g/mol. The Bertz CT molecular complexity index is 424. The average Bonchev–Trinajstić information content (AvgIpc) is 2.65. The van der Waals surface area contributed by atoms with Crippen molar-refractivity contribution < 1.29 is 0 Å². The van der Waals surface area contributed by atoms with Crippen LogP contribution in [0.5, 0.6) is 0 Å². The van der Waals surface area contributed by atoms with Gasteiger partial charge in [0.2, 0.25) is 0 Å². The zero-order valence-electron chi connectivity index (χ0n) is 8.77. The number of nitrogens with zero attached hydrogens (tertiary/aromatic N) is 2. The summed E-state index contributed by atoms with van der Waals surface area (Å²) < 4.78 is 0. The van der Waals surface area contributed by atoms with Gasteiger partial charge >= 0.3 is 0 Å². The van der Waals surface area contributed by atoms with E-state index in [1.165, 1.54) is 5.56 Å². The molecular weight excluding hydrogens is 206 g/mol. The molecule has 15 heavy (non-hydrogen) atoms. The molecule has 0 fully saturated rings. The summed E-state index contributed by atoms with van der Waals surface area (Å²) in [6.45, 7) is 4.10. The summed E-state index contributed by atoms with van der Waals surface area (Å²) in [6, 6.07) is 4.25. The minimum atomic E-state index is 0.240. The molecule has 4 heteroatoms. The van der Waals surface area contributed by atoms with E-state index < -0.39 is 0 Å². The summed E-state index contributed by atoms with van der Waals surface area (Å²) >= 11 is 1.63. The first-order valence-electron chi connectivity index (χ1n) is 4.84. The Morgan fingerprint density at radius 2 is 2.33 bits per heavy atom. The smallest absolute Gasteiger partial charge is 0.183 e. The van der Waals surface area contributed by atoms with E-state index in [9.17, 15) is 0 Å². The predicted molar refractivity (Wildman–Crippen MR) is 63.1 cm³/mol. The standard InChI is InChI=1S/C11H13N3S/c1-8-7-15-11(13-8)14-9(2)10-4-3-5-12-6-10/h3-7,9H,1-2H3,(H,13,14). The van der Waals surface area contributed by atoms with Gasteiger partial charge in [0.1, 0.15) is 0 Å². The Morgan fingerprint density at radius 1 is 1.47 bits per heavy atom. The highest BCUT2D eigenvalue weighted by Gasteiger charge is 2.06. The van der Waals surface area contributed by atoms with Gasteiger partial charge in [0, 0.05) is 17.8 Å². The molecule has 1 atom stereocenters. The number of hydrogen-bond acceptors (Lipinski definition) is 4. The number of aromatic nitrogens is 2. The van der Waals surface area contributed by atoms with Crippen LogP contribution in [-0.2, 0) is 0 Å². The Labute approximate surface area is 93.2 Å². The second kappa shape index (κ2) is 4.40. The molecule has 0 aliphatic carbocycles. The van der Waals surface area contributed by atoms with Crippen LogP contribution < -0.4 is 5.32 Å². The molecule has 0 amide bonds. The van der Waals surface area contributed by atoms with Gasteiger partial charge in [0.15, 0.2) is 5.13 Å². The number of anilines is 1. The predicted octanol–water partition coefficient (Wildman–Crippen LogP) is 3.02. The normalized spacial score (nSPS) is 12.4. The molecule has 2 aromatic heterocycles. The van der Waals surface area contributed by atoms with Gasteiger partial charge in [0.25, 0.3) is 0 Å². The van der Waals surface area contributed by atoms with Gasteiger partial charge in [-0.3, -0.25) is 4.98 Å². The van der Waals surface area contributed by atoms with E-state index >= 15 is 0 Å². The van der Waals surface area contributed by atoms with Crippen LogP contribution in [0.25, 0.3) is 0 Å². The molecule has 0 saturated heterocycles. The van der Waals surface area contributed by atoms with Crippen LogP contribution in [0.3, 0.4) is 0 Å². The lowest BCUT2D eigenvalue weighted by Crippen LogP contribution is -2.06. The van der Waals surface area contributed by atoms with Crippen molar-refractivity contribution in [2.45, 2.75) is 19.9 Å². The molecule has 1 N–H and O–H groups in total. The van der Waals surface area contributed by atoms with Crippen molar-refractivity contribution in [3.63, 3.8) is 0 Å². The van der Waals surface area contributed by atoms with Crippen molar-refractivity contribution in [1.29, 1.82) is 0 Å². The quantitative estimate of drug-likeness (QED) is 0.862. The summed E-state index contributed by atoms with van der Waals surface area (Å²) in [5.41, 5.74) is 2.23. The van der Waals surface area contributed by atoms with Crippen LogP contribution >= 0.6 is 11.3 Å². The van der Waals surface area contributed by atoms with E-state index in [0.29, 0.717) is 0 Å². The fourth-order valence-corrected chi connectivity index (χ4v) is 2.10. The molecule has 0 aliphatic heterocycles. The van der Waals surface area contributed by atoms with Crippen molar-refractivity contribution in [2.24, 2.45) is 0 Å². The van der Waals surface area contributed by atoms with Gasteiger partial charge in [-0.05, 0) is 25.5 Å². The summed E-state index contributed by atoms with van der Waals surface area (Å²) in [6.07, 6.45) is 3.65. The highest BCUT2D eigenvalue weighted by atomic mass is 32.1. The molecule has 2 heterocycles. The van der Waals surface area contributed by atoms with Crippen LogP contribution in [0.4, 0.5) is 5.13 Å². The summed E-state index contributed by atoms with van der Waals surface area (Å²) in [7, 11) is 0. The Morgan fingerprint density at radius 3 is 2.93 bits per heavy atom. The first kappa shape index (κ1) is 10.1. The minimum Gasteiger partial charge on any atom is -0.355 e.